The van der Waals surface area contributed by atoms with Crippen molar-refractivity contribution in [3.05, 3.63) is 46.4 Å². The van der Waals surface area contributed by atoms with E-state index in [1.54, 1.807) is 6.92 Å². The molecule has 0 fully saturated rings. The van der Waals surface area contributed by atoms with Crippen LogP contribution >= 0.6 is 11.3 Å². The van der Waals surface area contributed by atoms with Crippen LogP contribution in [0.5, 0.6) is 0 Å². The predicted octanol–water partition coefficient (Wildman–Crippen LogP) is 4.35. The van der Waals surface area contributed by atoms with Gasteiger partial charge in [0.2, 0.25) is 0 Å². The third-order valence-corrected chi connectivity index (χ3v) is 5.15. The molecule has 0 aromatic carbocycles. The Balaban J connectivity index is 1.56. The Morgan fingerprint density at radius 1 is 1.36 bits per heavy atom. The first kappa shape index (κ1) is 17.5. The maximum absolute atomic E-state index is 12.9. The lowest BCUT2D eigenvalue weighted by Crippen LogP contribution is -2.24. The fourth-order valence-corrected chi connectivity index (χ4v) is 3.66. The van der Waals surface area contributed by atoms with Crippen LogP contribution in [-0.2, 0) is 0 Å². The third-order valence-electron chi connectivity index (χ3n) is 4.08. The number of rotatable bonds is 6. The molecule has 7 heteroatoms. The molecular formula is C18H21FN4OS. The number of hydrogen-bond donors (Lipinski definition) is 2. The standard InChI is InChI=1S/C18H21FN4OS/c1-12-16(17(24)20-10-9-13-5-3-2-4-6-13)25-18(22-12)23-15-8-7-14(19)11-21-15/h5,7-8,11H,2-4,6,9-10H2,1H3,(H,20,24)(H,21,22,23). The second-order valence-electron chi connectivity index (χ2n) is 6.03. The number of allylic oxidation sites excluding steroid dienone is 1. The van der Waals surface area contributed by atoms with Crippen LogP contribution < -0.4 is 10.6 Å². The molecule has 0 radical (unpaired) electrons. The Kier molecular flexibility index (Phi) is 5.75. The summed E-state index contributed by atoms with van der Waals surface area (Å²) in [5, 5.41) is 6.53. The van der Waals surface area contributed by atoms with Crippen molar-refractivity contribution in [1.29, 1.82) is 0 Å². The number of nitrogens with one attached hydrogen (secondary N) is 2. The highest BCUT2D eigenvalue weighted by Gasteiger charge is 2.15. The summed E-state index contributed by atoms with van der Waals surface area (Å²) in [5.74, 6) is -0.00751. The van der Waals surface area contributed by atoms with Gasteiger partial charge < -0.3 is 10.6 Å². The molecule has 5 nitrogen and oxygen atoms in total. The van der Waals surface area contributed by atoms with Crippen LogP contribution in [0.25, 0.3) is 0 Å². The van der Waals surface area contributed by atoms with Crippen LogP contribution in [0.2, 0.25) is 0 Å². The molecule has 0 spiro atoms. The van der Waals surface area contributed by atoms with Gasteiger partial charge in [-0.15, -0.1) is 0 Å². The van der Waals surface area contributed by atoms with Gasteiger partial charge in [-0.25, -0.2) is 14.4 Å². The zero-order chi connectivity index (χ0) is 17.6. The van der Waals surface area contributed by atoms with Gasteiger partial charge in [0, 0.05) is 6.54 Å². The van der Waals surface area contributed by atoms with E-state index >= 15 is 0 Å². The van der Waals surface area contributed by atoms with Gasteiger partial charge in [0.1, 0.15) is 16.5 Å². The largest absolute Gasteiger partial charge is 0.351 e. The van der Waals surface area contributed by atoms with E-state index < -0.39 is 5.82 Å². The van der Waals surface area contributed by atoms with Crippen molar-refractivity contribution in [3.8, 4) is 0 Å². The molecule has 0 saturated carbocycles. The second-order valence-corrected chi connectivity index (χ2v) is 7.03. The maximum atomic E-state index is 12.9. The molecule has 0 unspecified atom stereocenters. The first-order valence-electron chi connectivity index (χ1n) is 8.44. The highest BCUT2D eigenvalue weighted by Crippen LogP contribution is 2.25. The molecule has 2 heterocycles. The molecule has 3 rings (SSSR count). The van der Waals surface area contributed by atoms with Gasteiger partial charge in [0.05, 0.1) is 11.9 Å². The molecule has 0 atom stereocenters. The van der Waals surface area contributed by atoms with Crippen LogP contribution in [-0.4, -0.2) is 22.4 Å². The summed E-state index contributed by atoms with van der Waals surface area (Å²) in [6.45, 7) is 2.45. The number of aromatic nitrogens is 2. The fourth-order valence-electron chi connectivity index (χ4n) is 2.77. The summed E-state index contributed by atoms with van der Waals surface area (Å²) < 4.78 is 12.9. The lowest BCUT2D eigenvalue weighted by molar-refractivity contribution is 0.0957. The molecule has 132 valence electrons. The van der Waals surface area contributed by atoms with Crippen molar-refractivity contribution in [2.24, 2.45) is 0 Å². The summed E-state index contributed by atoms with van der Waals surface area (Å²) in [7, 11) is 0. The number of amides is 1. The second kappa shape index (κ2) is 8.20. The smallest absolute Gasteiger partial charge is 0.263 e. The Bertz CT molecular complexity index is 770. The molecular weight excluding hydrogens is 339 g/mol. The van der Waals surface area contributed by atoms with Crippen LogP contribution in [0.3, 0.4) is 0 Å². The predicted molar refractivity (Wildman–Crippen MR) is 97.8 cm³/mol. The monoisotopic (exact) mass is 360 g/mol. The lowest BCUT2D eigenvalue weighted by Gasteiger charge is -2.12. The van der Waals surface area contributed by atoms with Crippen LogP contribution in [0, 0.1) is 12.7 Å². The zero-order valence-electron chi connectivity index (χ0n) is 14.1. The van der Waals surface area contributed by atoms with E-state index in [2.05, 4.69) is 26.7 Å². The SMILES string of the molecule is Cc1nc(Nc2ccc(F)cn2)sc1C(=O)NCCC1=CCCCC1. The minimum atomic E-state index is -0.394. The van der Waals surface area contributed by atoms with Crippen LogP contribution in [0.1, 0.15) is 47.5 Å². The van der Waals surface area contributed by atoms with Crippen LogP contribution in [0.15, 0.2) is 30.0 Å². The molecule has 2 aromatic rings. The molecule has 1 amide bonds. The topological polar surface area (TPSA) is 66.9 Å². The van der Waals surface area contributed by atoms with E-state index in [0.29, 0.717) is 28.1 Å². The van der Waals surface area contributed by atoms with Crippen molar-refractivity contribution in [3.63, 3.8) is 0 Å². The molecule has 1 aliphatic rings. The number of nitrogens with zero attached hydrogens (tertiary/aromatic N) is 2. The molecule has 25 heavy (non-hydrogen) atoms. The van der Waals surface area contributed by atoms with Gasteiger partial charge in [-0.05, 0) is 51.2 Å². The minimum absolute atomic E-state index is 0.105. The van der Waals surface area contributed by atoms with Gasteiger partial charge in [0.25, 0.3) is 5.91 Å². The van der Waals surface area contributed by atoms with Gasteiger partial charge >= 0.3 is 0 Å². The fraction of sp³-hybridized carbons (Fsp3) is 0.389. The van der Waals surface area contributed by atoms with Crippen LogP contribution in [0.4, 0.5) is 15.3 Å². The van der Waals surface area contributed by atoms with Crippen molar-refractivity contribution in [2.75, 3.05) is 11.9 Å². The Hall–Kier alpha value is -2.28. The zero-order valence-corrected chi connectivity index (χ0v) is 15.0. The Morgan fingerprint density at radius 2 is 2.24 bits per heavy atom. The van der Waals surface area contributed by atoms with Crippen molar-refractivity contribution < 1.29 is 9.18 Å². The molecule has 1 aliphatic carbocycles. The molecule has 2 aromatic heterocycles. The van der Waals surface area contributed by atoms with Gasteiger partial charge in [-0.1, -0.05) is 23.0 Å². The van der Waals surface area contributed by atoms with E-state index in [9.17, 15) is 9.18 Å². The molecule has 2 N–H and O–H groups in total. The summed E-state index contributed by atoms with van der Waals surface area (Å²) in [6, 6.07) is 2.85. The van der Waals surface area contributed by atoms with Crippen molar-refractivity contribution in [2.45, 2.75) is 39.0 Å². The minimum Gasteiger partial charge on any atom is -0.351 e. The van der Waals surface area contributed by atoms with Crippen molar-refractivity contribution in [1.82, 2.24) is 15.3 Å². The molecule has 0 bridgehead atoms. The first-order valence-corrected chi connectivity index (χ1v) is 9.25. The van der Waals surface area contributed by atoms with E-state index in [-0.39, 0.29) is 5.91 Å². The van der Waals surface area contributed by atoms with E-state index in [1.165, 1.54) is 41.9 Å². The summed E-state index contributed by atoms with van der Waals surface area (Å²) in [5.41, 5.74) is 2.11. The Labute approximate surface area is 150 Å². The Morgan fingerprint density at radius 3 is 2.96 bits per heavy atom. The summed E-state index contributed by atoms with van der Waals surface area (Å²) >= 11 is 1.27. The normalized spacial score (nSPS) is 14.1. The summed E-state index contributed by atoms with van der Waals surface area (Å²) in [6.07, 6.45) is 9.17. The maximum Gasteiger partial charge on any atom is 0.263 e. The molecule has 0 aliphatic heterocycles. The highest BCUT2D eigenvalue weighted by molar-refractivity contribution is 7.17. The van der Waals surface area contributed by atoms with Crippen molar-refractivity contribution >= 4 is 28.2 Å². The third kappa shape index (κ3) is 4.85. The molecule has 0 saturated heterocycles. The summed E-state index contributed by atoms with van der Waals surface area (Å²) in [4.78, 5) is 21.2. The van der Waals surface area contributed by atoms with E-state index in [0.717, 1.165) is 25.5 Å². The quantitative estimate of drug-likeness (QED) is 0.752. The van der Waals surface area contributed by atoms with Gasteiger partial charge in [0.15, 0.2) is 5.13 Å². The van der Waals surface area contributed by atoms with Gasteiger partial charge in [-0.3, -0.25) is 4.79 Å². The average molecular weight is 360 g/mol. The number of pyridine rings is 1. The number of carbonyl (C=O) groups excluding carboxylic acids is 1. The number of carbonyl (C=O) groups is 1. The van der Waals surface area contributed by atoms with E-state index in [1.807, 2.05) is 0 Å². The van der Waals surface area contributed by atoms with Gasteiger partial charge in [-0.2, -0.15) is 0 Å². The number of thiazole rings is 1. The lowest BCUT2D eigenvalue weighted by atomic mass is 9.97. The number of halogens is 1. The number of anilines is 2. The number of hydrogen-bond acceptors (Lipinski definition) is 5. The first-order chi connectivity index (χ1) is 12.1. The highest BCUT2D eigenvalue weighted by atomic mass is 32.1. The average Bonchev–Trinajstić information content (AvgIpc) is 2.98. The van der Waals surface area contributed by atoms with E-state index in [4.69, 9.17) is 0 Å². The number of aryl methyl sites for hydroxylation is 1.